The number of fused-ring (bicyclic) bond motifs is 1. The molecule has 0 aliphatic carbocycles. The number of hydrogen-bond acceptors (Lipinski definition) is 4. The number of halogens is 2. The number of alkyl halides is 2. The molecule has 2 aromatic rings. The van der Waals surface area contributed by atoms with Gasteiger partial charge in [-0.05, 0) is 18.2 Å². The van der Waals surface area contributed by atoms with Crippen LogP contribution in [0.25, 0.3) is 11.0 Å². The predicted molar refractivity (Wildman–Crippen MR) is 65.7 cm³/mol. The maximum absolute atomic E-state index is 11.9. The highest BCUT2D eigenvalue weighted by atomic mass is 19.3. The first-order chi connectivity index (χ1) is 9.11. The lowest BCUT2D eigenvalue weighted by Gasteiger charge is -2.07. The van der Waals surface area contributed by atoms with E-state index in [-0.39, 0.29) is 12.6 Å². The number of nitriles is 1. The Labute approximate surface area is 108 Å². The molecule has 0 saturated heterocycles. The van der Waals surface area contributed by atoms with Gasteiger partial charge < -0.3 is 15.0 Å². The van der Waals surface area contributed by atoms with Gasteiger partial charge in [-0.2, -0.15) is 5.26 Å². The van der Waals surface area contributed by atoms with Crippen LogP contribution in [0.3, 0.4) is 0 Å². The average Bonchev–Trinajstić information content (AvgIpc) is 2.69. The summed E-state index contributed by atoms with van der Waals surface area (Å²) in [6, 6.07) is 7.02. The largest absolute Gasteiger partial charge is 0.374 e. The highest BCUT2D eigenvalue weighted by Gasteiger charge is 2.09. The first-order valence-electron chi connectivity index (χ1n) is 5.63. The number of rotatable bonds is 5. The fourth-order valence-corrected chi connectivity index (χ4v) is 1.77. The Bertz CT molecular complexity index is 618. The van der Waals surface area contributed by atoms with E-state index in [1.54, 1.807) is 22.8 Å². The Hall–Kier alpha value is -2.20. The summed E-state index contributed by atoms with van der Waals surface area (Å²) in [4.78, 5) is 4.13. The van der Waals surface area contributed by atoms with E-state index >= 15 is 0 Å². The SMILES string of the molecule is N#Cc1ccc2nc(N)n(CCOCC(F)F)c2c1. The minimum Gasteiger partial charge on any atom is -0.374 e. The highest BCUT2D eigenvalue weighted by Crippen LogP contribution is 2.19. The minimum atomic E-state index is -2.48. The number of ether oxygens (including phenoxy) is 1. The minimum absolute atomic E-state index is 0.108. The highest BCUT2D eigenvalue weighted by molar-refractivity contribution is 5.79. The van der Waals surface area contributed by atoms with Crippen LogP contribution < -0.4 is 5.73 Å². The number of nitrogens with zero attached hydrogens (tertiary/aromatic N) is 3. The van der Waals surface area contributed by atoms with Crippen LogP contribution in [0, 0.1) is 11.3 Å². The zero-order chi connectivity index (χ0) is 13.8. The van der Waals surface area contributed by atoms with Crippen LogP contribution in [0.2, 0.25) is 0 Å². The van der Waals surface area contributed by atoms with E-state index < -0.39 is 13.0 Å². The molecule has 100 valence electrons. The third-order valence-corrected chi connectivity index (χ3v) is 2.61. The van der Waals surface area contributed by atoms with Crippen LogP contribution >= 0.6 is 0 Å². The number of nitrogen functional groups attached to an aromatic ring is 1. The molecular weight excluding hydrogens is 254 g/mol. The third-order valence-electron chi connectivity index (χ3n) is 2.61. The van der Waals surface area contributed by atoms with E-state index in [2.05, 4.69) is 4.98 Å². The Balaban J connectivity index is 2.17. The van der Waals surface area contributed by atoms with Gasteiger partial charge in [-0.15, -0.1) is 0 Å². The van der Waals surface area contributed by atoms with Crippen molar-refractivity contribution < 1.29 is 13.5 Å². The van der Waals surface area contributed by atoms with E-state index in [0.717, 1.165) is 0 Å². The fraction of sp³-hybridized carbons (Fsp3) is 0.333. The summed E-state index contributed by atoms with van der Waals surface area (Å²) in [7, 11) is 0. The van der Waals surface area contributed by atoms with Crippen molar-refractivity contribution in [3.8, 4) is 6.07 Å². The van der Waals surface area contributed by atoms with Gasteiger partial charge in [0.25, 0.3) is 6.43 Å². The van der Waals surface area contributed by atoms with Crippen LogP contribution in [-0.4, -0.2) is 29.2 Å². The van der Waals surface area contributed by atoms with Crippen molar-refractivity contribution in [1.29, 1.82) is 5.26 Å². The van der Waals surface area contributed by atoms with Crippen LogP contribution in [0.1, 0.15) is 5.56 Å². The number of nitrogens with two attached hydrogens (primary N) is 1. The smallest absolute Gasteiger partial charge is 0.261 e. The van der Waals surface area contributed by atoms with Gasteiger partial charge in [0.05, 0.1) is 29.3 Å². The summed E-state index contributed by atoms with van der Waals surface area (Å²) in [5, 5.41) is 8.85. The van der Waals surface area contributed by atoms with Crippen molar-refractivity contribution in [2.75, 3.05) is 18.9 Å². The molecule has 0 unspecified atom stereocenters. The standard InChI is InChI=1S/C12H12F2N4O/c13-11(14)7-19-4-3-18-10-5-8(6-15)1-2-9(10)17-12(18)16/h1-2,5,11H,3-4,7H2,(H2,16,17). The zero-order valence-corrected chi connectivity index (χ0v) is 10.0. The van der Waals surface area contributed by atoms with E-state index in [0.29, 0.717) is 23.1 Å². The predicted octanol–water partition coefficient (Wildman–Crippen LogP) is 1.77. The Morgan fingerprint density at radius 1 is 1.47 bits per heavy atom. The molecule has 0 bridgehead atoms. The number of hydrogen-bond donors (Lipinski definition) is 1. The van der Waals surface area contributed by atoms with Crippen molar-refractivity contribution in [2.45, 2.75) is 13.0 Å². The second kappa shape index (κ2) is 5.63. The van der Waals surface area contributed by atoms with Crippen LogP contribution in [0.5, 0.6) is 0 Å². The van der Waals surface area contributed by atoms with Gasteiger partial charge in [0.2, 0.25) is 5.95 Å². The van der Waals surface area contributed by atoms with Gasteiger partial charge >= 0.3 is 0 Å². The van der Waals surface area contributed by atoms with E-state index in [1.165, 1.54) is 0 Å². The monoisotopic (exact) mass is 266 g/mol. The van der Waals surface area contributed by atoms with E-state index in [4.69, 9.17) is 15.7 Å². The number of imidazole rings is 1. The second-order valence-electron chi connectivity index (χ2n) is 3.90. The van der Waals surface area contributed by atoms with Gasteiger partial charge in [-0.1, -0.05) is 0 Å². The lowest BCUT2D eigenvalue weighted by molar-refractivity contribution is 0.0151. The molecule has 0 aliphatic rings. The quantitative estimate of drug-likeness (QED) is 0.837. The second-order valence-corrected chi connectivity index (χ2v) is 3.90. The molecule has 19 heavy (non-hydrogen) atoms. The molecule has 0 aliphatic heterocycles. The summed E-state index contributed by atoms with van der Waals surface area (Å²) in [5.74, 6) is 0.269. The Morgan fingerprint density at radius 2 is 2.26 bits per heavy atom. The normalized spacial score (nSPS) is 11.1. The van der Waals surface area contributed by atoms with Crippen molar-refractivity contribution in [2.24, 2.45) is 0 Å². The number of aromatic nitrogens is 2. The van der Waals surface area contributed by atoms with Gasteiger partial charge in [0.1, 0.15) is 6.61 Å². The Kier molecular flexibility index (Phi) is 3.92. The molecular formula is C12H12F2N4O. The topological polar surface area (TPSA) is 76.9 Å². The van der Waals surface area contributed by atoms with Crippen molar-refractivity contribution in [3.63, 3.8) is 0 Å². The Morgan fingerprint density at radius 3 is 2.95 bits per heavy atom. The summed E-state index contributed by atoms with van der Waals surface area (Å²) < 4.78 is 30.3. The third kappa shape index (κ3) is 2.98. The maximum atomic E-state index is 11.9. The lowest BCUT2D eigenvalue weighted by Crippen LogP contribution is -2.12. The molecule has 1 aromatic carbocycles. The van der Waals surface area contributed by atoms with Crippen LogP contribution in [-0.2, 0) is 11.3 Å². The lowest BCUT2D eigenvalue weighted by atomic mass is 10.2. The zero-order valence-electron chi connectivity index (χ0n) is 10.0. The van der Waals surface area contributed by atoms with Crippen molar-refractivity contribution >= 4 is 17.0 Å². The molecule has 7 heteroatoms. The molecule has 0 spiro atoms. The fourth-order valence-electron chi connectivity index (χ4n) is 1.77. The van der Waals surface area contributed by atoms with Gasteiger partial charge in [0, 0.05) is 6.54 Å². The number of benzene rings is 1. The van der Waals surface area contributed by atoms with E-state index in [9.17, 15) is 8.78 Å². The van der Waals surface area contributed by atoms with Gasteiger partial charge in [-0.3, -0.25) is 0 Å². The summed E-state index contributed by atoms with van der Waals surface area (Å²) in [6.45, 7) is -0.184. The molecule has 5 nitrogen and oxygen atoms in total. The molecule has 2 N–H and O–H groups in total. The average molecular weight is 266 g/mol. The van der Waals surface area contributed by atoms with Crippen molar-refractivity contribution in [3.05, 3.63) is 23.8 Å². The molecule has 2 rings (SSSR count). The summed E-state index contributed by atoms with van der Waals surface area (Å²) >= 11 is 0. The van der Waals surface area contributed by atoms with Crippen LogP contribution in [0.15, 0.2) is 18.2 Å². The summed E-state index contributed by atoms with van der Waals surface area (Å²) in [6.07, 6.45) is -2.48. The van der Waals surface area contributed by atoms with Crippen LogP contribution in [0.4, 0.5) is 14.7 Å². The molecule has 0 radical (unpaired) electrons. The van der Waals surface area contributed by atoms with Gasteiger partial charge in [0.15, 0.2) is 0 Å². The van der Waals surface area contributed by atoms with Gasteiger partial charge in [-0.25, -0.2) is 13.8 Å². The van der Waals surface area contributed by atoms with Crippen molar-refractivity contribution in [1.82, 2.24) is 9.55 Å². The first-order valence-corrected chi connectivity index (χ1v) is 5.63. The molecule has 1 heterocycles. The summed E-state index contributed by atoms with van der Waals surface area (Å²) in [5.41, 5.74) is 7.59. The molecule has 0 atom stereocenters. The number of anilines is 1. The first kappa shape index (κ1) is 13.2. The molecule has 1 aromatic heterocycles. The molecule has 0 saturated carbocycles. The maximum Gasteiger partial charge on any atom is 0.261 e. The molecule has 0 amide bonds. The molecule has 0 fully saturated rings. The van der Waals surface area contributed by atoms with E-state index in [1.807, 2.05) is 6.07 Å².